The van der Waals surface area contributed by atoms with Gasteiger partial charge in [0.25, 0.3) is 0 Å². The van der Waals surface area contributed by atoms with Crippen LogP contribution in [-0.2, 0) is 0 Å². The molecular weight excluding hydrogens is 244 g/mol. The second-order valence-corrected chi connectivity index (χ2v) is 8.36. The Labute approximate surface area is 126 Å². The molecule has 118 valence electrons. The van der Waals surface area contributed by atoms with E-state index in [2.05, 4.69) is 44.8 Å². The second kappa shape index (κ2) is 6.79. The van der Waals surface area contributed by atoms with Crippen LogP contribution in [0.15, 0.2) is 0 Å². The van der Waals surface area contributed by atoms with Gasteiger partial charge in [0.2, 0.25) is 0 Å². The lowest BCUT2D eigenvalue weighted by atomic mass is 9.72. The molecule has 2 aliphatic rings. The Bertz CT molecular complexity index is 294. The normalized spacial score (nSPS) is 30.1. The summed E-state index contributed by atoms with van der Waals surface area (Å²) in [7, 11) is 0. The Morgan fingerprint density at radius 3 is 2.45 bits per heavy atom. The molecule has 2 aliphatic carbocycles. The Kier molecular flexibility index (Phi) is 5.53. The molecule has 20 heavy (non-hydrogen) atoms. The van der Waals surface area contributed by atoms with Crippen LogP contribution >= 0.6 is 0 Å². The van der Waals surface area contributed by atoms with Crippen LogP contribution in [0.5, 0.6) is 0 Å². The van der Waals surface area contributed by atoms with E-state index in [4.69, 9.17) is 0 Å². The molecule has 2 atom stereocenters. The number of nitrogens with zero attached hydrogens (tertiary/aromatic N) is 1. The van der Waals surface area contributed by atoms with Crippen LogP contribution in [0.2, 0.25) is 0 Å². The third kappa shape index (κ3) is 4.46. The van der Waals surface area contributed by atoms with Crippen molar-refractivity contribution >= 4 is 0 Å². The maximum atomic E-state index is 3.85. The first-order chi connectivity index (χ1) is 9.43. The van der Waals surface area contributed by atoms with Gasteiger partial charge in [-0.3, -0.25) is 4.90 Å². The zero-order chi connectivity index (χ0) is 14.8. The molecule has 0 bridgehead atoms. The van der Waals surface area contributed by atoms with E-state index < -0.39 is 0 Å². The molecule has 2 heteroatoms. The highest BCUT2D eigenvalue weighted by atomic mass is 15.2. The summed E-state index contributed by atoms with van der Waals surface area (Å²) in [5, 5.41) is 3.85. The van der Waals surface area contributed by atoms with E-state index in [1.807, 2.05) is 0 Å². The van der Waals surface area contributed by atoms with E-state index in [1.54, 1.807) is 0 Å². The molecule has 0 radical (unpaired) electrons. The summed E-state index contributed by atoms with van der Waals surface area (Å²) in [5.74, 6) is 0.785. The third-order valence-electron chi connectivity index (χ3n) is 5.03. The van der Waals surface area contributed by atoms with Gasteiger partial charge in [0.1, 0.15) is 0 Å². The van der Waals surface area contributed by atoms with Crippen molar-refractivity contribution in [1.29, 1.82) is 0 Å². The van der Waals surface area contributed by atoms with Crippen LogP contribution in [0.4, 0.5) is 0 Å². The lowest BCUT2D eigenvalue weighted by Gasteiger charge is -2.47. The minimum atomic E-state index is 0.527. The Morgan fingerprint density at radius 2 is 1.90 bits per heavy atom. The van der Waals surface area contributed by atoms with Crippen LogP contribution in [0, 0.1) is 11.3 Å². The topological polar surface area (TPSA) is 15.3 Å². The molecule has 2 saturated carbocycles. The van der Waals surface area contributed by atoms with Crippen molar-refractivity contribution in [2.24, 2.45) is 11.3 Å². The van der Waals surface area contributed by atoms with Gasteiger partial charge in [-0.25, -0.2) is 0 Å². The van der Waals surface area contributed by atoms with Crippen molar-refractivity contribution in [3.05, 3.63) is 0 Å². The molecule has 2 unspecified atom stereocenters. The monoisotopic (exact) mass is 280 g/mol. The minimum absolute atomic E-state index is 0.527. The predicted octanol–water partition coefficient (Wildman–Crippen LogP) is 4.05. The second-order valence-electron chi connectivity index (χ2n) is 8.36. The van der Waals surface area contributed by atoms with Gasteiger partial charge < -0.3 is 5.32 Å². The lowest BCUT2D eigenvalue weighted by Crippen LogP contribution is -2.56. The maximum absolute atomic E-state index is 3.85. The van der Waals surface area contributed by atoms with Crippen LogP contribution in [0.1, 0.15) is 73.1 Å². The zero-order valence-corrected chi connectivity index (χ0v) is 14.4. The highest BCUT2D eigenvalue weighted by Crippen LogP contribution is 2.41. The minimum Gasteiger partial charge on any atom is -0.312 e. The highest BCUT2D eigenvalue weighted by molar-refractivity contribution is 4.99. The first kappa shape index (κ1) is 16.3. The van der Waals surface area contributed by atoms with Gasteiger partial charge >= 0.3 is 0 Å². The van der Waals surface area contributed by atoms with Gasteiger partial charge in [0, 0.05) is 24.7 Å². The molecule has 2 fully saturated rings. The predicted molar refractivity (Wildman–Crippen MR) is 88.1 cm³/mol. The molecule has 0 aliphatic heterocycles. The SMILES string of the molecule is CCCNC1CCC(C)(C)CC1N(CC(C)C)C1CC1. The number of rotatable bonds is 7. The molecule has 2 nitrogen and oxygen atoms in total. The third-order valence-corrected chi connectivity index (χ3v) is 5.03. The fraction of sp³-hybridized carbons (Fsp3) is 1.00. The van der Waals surface area contributed by atoms with E-state index in [1.165, 1.54) is 51.6 Å². The van der Waals surface area contributed by atoms with Crippen LogP contribution < -0.4 is 5.32 Å². The van der Waals surface area contributed by atoms with E-state index in [-0.39, 0.29) is 0 Å². The van der Waals surface area contributed by atoms with Gasteiger partial charge in [0.15, 0.2) is 0 Å². The quantitative estimate of drug-likeness (QED) is 0.757. The molecule has 0 spiro atoms. The van der Waals surface area contributed by atoms with E-state index in [0.29, 0.717) is 5.41 Å². The molecule has 2 rings (SSSR count). The van der Waals surface area contributed by atoms with Crippen molar-refractivity contribution in [3.8, 4) is 0 Å². The summed E-state index contributed by atoms with van der Waals surface area (Å²) in [5.41, 5.74) is 0.527. The van der Waals surface area contributed by atoms with Crippen LogP contribution in [-0.4, -0.2) is 36.1 Å². The Hall–Kier alpha value is -0.0800. The molecule has 0 aromatic rings. The summed E-state index contributed by atoms with van der Waals surface area (Å²) in [6, 6.07) is 2.38. The zero-order valence-electron chi connectivity index (χ0n) is 14.4. The largest absolute Gasteiger partial charge is 0.312 e. The summed E-state index contributed by atoms with van der Waals surface area (Å²) in [6.45, 7) is 14.4. The highest BCUT2D eigenvalue weighted by Gasteiger charge is 2.42. The molecule has 0 amide bonds. The fourth-order valence-corrected chi connectivity index (χ4v) is 3.85. The molecule has 0 aromatic carbocycles. The molecular formula is C18H36N2. The molecule has 0 saturated heterocycles. The maximum Gasteiger partial charge on any atom is 0.0257 e. The number of hydrogen-bond donors (Lipinski definition) is 1. The standard InChI is InChI=1S/C18H36N2/c1-6-11-19-16-9-10-18(4,5)12-17(16)20(13-14(2)3)15-7-8-15/h14-17,19H,6-13H2,1-5H3. The average Bonchev–Trinajstić information content (AvgIpc) is 3.18. The van der Waals surface area contributed by atoms with Crippen molar-refractivity contribution in [2.45, 2.75) is 91.3 Å². The fourth-order valence-electron chi connectivity index (χ4n) is 3.85. The van der Waals surface area contributed by atoms with Crippen molar-refractivity contribution in [1.82, 2.24) is 10.2 Å². The van der Waals surface area contributed by atoms with E-state index in [0.717, 1.165) is 24.0 Å². The Morgan fingerprint density at radius 1 is 1.20 bits per heavy atom. The van der Waals surface area contributed by atoms with Crippen LogP contribution in [0.25, 0.3) is 0 Å². The van der Waals surface area contributed by atoms with Crippen LogP contribution in [0.3, 0.4) is 0 Å². The summed E-state index contributed by atoms with van der Waals surface area (Å²) < 4.78 is 0. The first-order valence-corrected chi connectivity index (χ1v) is 8.92. The van der Waals surface area contributed by atoms with Gasteiger partial charge in [-0.1, -0.05) is 34.6 Å². The van der Waals surface area contributed by atoms with Gasteiger partial charge in [-0.2, -0.15) is 0 Å². The van der Waals surface area contributed by atoms with E-state index >= 15 is 0 Å². The summed E-state index contributed by atoms with van der Waals surface area (Å²) in [6.07, 6.45) is 8.23. The van der Waals surface area contributed by atoms with Crippen molar-refractivity contribution in [3.63, 3.8) is 0 Å². The summed E-state index contributed by atoms with van der Waals surface area (Å²) >= 11 is 0. The van der Waals surface area contributed by atoms with Gasteiger partial charge in [0.05, 0.1) is 0 Å². The van der Waals surface area contributed by atoms with Gasteiger partial charge in [-0.15, -0.1) is 0 Å². The first-order valence-electron chi connectivity index (χ1n) is 8.92. The van der Waals surface area contributed by atoms with Gasteiger partial charge in [-0.05, 0) is 56.4 Å². The average molecular weight is 281 g/mol. The number of nitrogens with one attached hydrogen (secondary N) is 1. The smallest absolute Gasteiger partial charge is 0.0257 e. The number of hydrogen-bond acceptors (Lipinski definition) is 2. The Balaban J connectivity index is 2.07. The molecule has 0 aromatic heterocycles. The molecule has 0 heterocycles. The van der Waals surface area contributed by atoms with E-state index in [9.17, 15) is 0 Å². The van der Waals surface area contributed by atoms with Crippen molar-refractivity contribution < 1.29 is 0 Å². The lowest BCUT2D eigenvalue weighted by molar-refractivity contribution is 0.0515. The summed E-state index contributed by atoms with van der Waals surface area (Å²) in [4.78, 5) is 2.87. The van der Waals surface area contributed by atoms with Crippen molar-refractivity contribution in [2.75, 3.05) is 13.1 Å². The molecule has 1 N–H and O–H groups in total.